The lowest BCUT2D eigenvalue weighted by molar-refractivity contribution is -0.143. The Kier molecular flexibility index (Phi) is 7.89. The molecule has 0 amide bonds. The molecule has 5 nitrogen and oxygen atoms in total. The van der Waals surface area contributed by atoms with Crippen LogP contribution < -0.4 is 4.74 Å². The second-order valence-corrected chi connectivity index (χ2v) is 4.94. The van der Waals surface area contributed by atoms with E-state index in [1.54, 1.807) is 31.2 Å². The van der Waals surface area contributed by atoms with Crippen LogP contribution in [-0.4, -0.2) is 24.3 Å². The molecule has 0 aromatic heterocycles. The number of hydrogen-bond donors (Lipinski definition) is 0. The highest BCUT2D eigenvalue weighted by molar-refractivity contribution is 5.94. The van der Waals surface area contributed by atoms with Crippen LogP contribution >= 0.6 is 0 Å². The average Bonchev–Trinajstić information content (AvgIpc) is 2.50. The SMILES string of the molecule is CCC(=O)OCCCCCC(=O)Oc1ccc(C(C)=O)cc1. The van der Waals surface area contributed by atoms with Crippen LogP contribution in [-0.2, 0) is 14.3 Å². The predicted octanol–water partition coefficient (Wildman–Crippen LogP) is 3.31. The van der Waals surface area contributed by atoms with Crippen LogP contribution in [0.3, 0.4) is 0 Å². The van der Waals surface area contributed by atoms with Gasteiger partial charge in [0.25, 0.3) is 0 Å². The summed E-state index contributed by atoms with van der Waals surface area (Å²) in [7, 11) is 0. The van der Waals surface area contributed by atoms with Crippen molar-refractivity contribution in [3.05, 3.63) is 29.8 Å². The Balaban J connectivity index is 2.18. The zero-order valence-corrected chi connectivity index (χ0v) is 13.1. The van der Waals surface area contributed by atoms with Gasteiger partial charge in [-0.1, -0.05) is 6.92 Å². The number of ether oxygens (including phenoxy) is 2. The lowest BCUT2D eigenvalue weighted by atomic mass is 10.1. The highest BCUT2D eigenvalue weighted by atomic mass is 16.5. The van der Waals surface area contributed by atoms with E-state index in [1.165, 1.54) is 6.92 Å². The highest BCUT2D eigenvalue weighted by Gasteiger charge is 2.06. The summed E-state index contributed by atoms with van der Waals surface area (Å²) in [6.45, 7) is 3.63. The number of esters is 2. The van der Waals surface area contributed by atoms with Gasteiger partial charge in [-0.2, -0.15) is 0 Å². The van der Waals surface area contributed by atoms with Gasteiger partial charge in [0, 0.05) is 18.4 Å². The Labute approximate surface area is 130 Å². The largest absolute Gasteiger partial charge is 0.466 e. The number of rotatable bonds is 9. The third-order valence-corrected chi connectivity index (χ3v) is 3.07. The zero-order chi connectivity index (χ0) is 16.4. The molecule has 0 N–H and O–H groups in total. The van der Waals surface area contributed by atoms with E-state index in [0.717, 1.165) is 12.8 Å². The first-order valence-corrected chi connectivity index (χ1v) is 7.50. The summed E-state index contributed by atoms with van der Waals surface area (Å²) >= 11 is 0. The minimum Gasteiger partial charge on any atom is -0.466 e. The molecule has 0 saturated heterocycles. The third kappa shape index (κ3) is 7.02. The molecule has 0 unspecified atom stereocenters. The van der Waals surface area contributed by atoms with E-state index in [-0.39, 0.29) is 17.7 Å². The van der Waals surface area contributed by atoms with Gasteiger partial charge in [-0.05, 0) is 50.5 Å². The molecule has 0 saturated carbocycles. The monoisotopic (exact) mass is 306 g/mol. The number of carbonyl (C=O) groups is 3. The Morgan fingerprint density at radius 1 is 0.955 bits per heavy atom. The minimum absolute atomic E-state index is 0.0262. The number of unbranched alkanes of at least 4 members (excludes halogenated alkanes) is 2. The van der Waals surface area contributed by atoms with Crippen molar-refractivity contribution >= 4 is 17.7 Å². The maximum Gasteiger partial charge on any atom is 0.311 e. The molecule has 5 heteroatoms. The van der Waals surface area contributed by atoms with Gasteiger partial charge in [0.2, 0.25) is 0 Å². The normalized spacial score (nSPS) is 10.1. The second kappa shape index (κ2) is 9.71. The van der Waals surface area contributed by atoms with E-state index in [2.05, 4.69) is 0 Å². The topological polar surface area (TPSA) is 69.7 Å². The van der Waals surface area contributed by atoms with Gasteiger partial charge >= 0.3 is 11.9 Å². The number of benzene rings is 1. The molecule has 0 aliphatic rings. The van der Waals surface area contributed by atoms with Crippen molar-refractivity contribution in [2.24, 2.45) is 0 Å². The Bertz CT molecular complexity index is 504. The molecule has 0 spiro atoms. The van der Waals surface area contributed by atoms with Crippen molar-refractivity contribution in [3.8, 4) is 5.75 Å². The van der Waals surface area contributed by atoms with Gasteiger partial charge in [0.05, 0.1) is 6.61 Å². The first-order chi connectivity index (χ1) is 10.5. The maximum absolute atomic E-state index is 11.6. The van der Waals surface area contributed by atoms with E-state index in [9.17, 15) is 14.4 Å². The van der Waals surface area contributed by atoms with Crippen molar-refractivity contribution in [2.45, 2.75) is 46.0 Å². The Morgan fingerprint density at radius 2 is 1.64 bits per heavy atom. The van der Waals surface area contributed by atoms with Crippen molar-refractivity contribution in [2.75, 3.05) is 6.61 Å². The molecule has 0 radical (unpaired) electrons. The zero-order valence-electron chi connectivity index (χ0n) is 13.1. The van der Waals surface area contributed by atoms with Gasteiger partial charge in [0.15, 0.2) is 5.78 Å². The van der Waals surface area contributed by atoms with E-state index < -0.39 is 0 Å². The van der Waals surface area contributed by atoms with Crippen LogP contribution in [0.15, 0.2) is 24.3 Å². The molecular formula is C17H22O5. The molecule has 1 aromatic carbocycles. The van der Waals surface area contributed by atoms with Crippen LogP contribution in [0, 0.1) is 0 Å². The smallest absolute Gasteiger partial charge is 0.311 e. The molecule has 0 bridgehead atoms. The van der Waals surface area contributed by atoms with Crippen molar-refractivity contribution < 1.29 is 23.9 Å². The van der Waals surface area contributed by atoms with Crippen LogP contribution in [0.2, 0.25) is 0 Å². The summed E-state index contributed by atoms with van der Waals surface area (Å²) in [4.78, 5) is 33.7. The van der Waals surface area contributed by atoms with Crippen LogP contribution in [0.1, 0.15) is 56.3 Å². The summed E-state index contributed by atoms with van der Waals surface area (Å²) < 4.78 is 10.1. The van der Waals surface area contributed by atoms with Gasteiger partial charge in [-0.3, -0.25) is 14.4 Å². The fraction of sp³-hybridized carbons (Fsp3) is 0.471. The van der Waals surface area contributed by atoms with Gasteiger partial charge < -0.3 is 9.47 Å². The maximum atomic E-state index is 11.6. The molecule has 1 aromatic rings. The summed E-state index contributed by atoms with van der Waals surface area (Å²) in [5, 5.41) is 0. The van der Waals surface area contributed by atoms with Gasteiger partial charge in [-0.25, -0.2) is 0 Å². The Hall–Kier alpha value is -2.17. The number of carbonyl (C=O) groups excluding carboxylic acids is 3. The van der Waals surface area contributed by atoms with E-state index in [0.29, 0.717) is 37.2 Å². The summed E-state index contributed by atoms with van der Waals surface area (Å²) in [5.41, 5.74) is 0.585. The first-order valence-electron chi connectivity index (χ1n) is 7.50. The molecule has 0 heterocycles. The van der Waals surface area contributed by atoms with Crippen molar-refractivity contribution in [3.63, 3.8) is 0 Å². The molecular weight excluding hydrogens is 284 g/mol. The summed E-state index contributed by atoms with van der Waals surface area (Å²) in [5.74, 6) is -0.0944. The quantitative estimate of drug-likeness (QED) is 0.303. The number of ketones is 1. The Morgan fingerprint density at radius 3 is 2.23 bits per heavy atom. The minimum atomic E-state index is -0.305. The number of Topliss-reactive ketones (excluding diaryl/α,β-unsaturated/α-hetero) is 1. The van der Waals surface area contributed by atoms with Gasteiger partial charge in [-0.15, -0.1) is 0 Å². The molecule has 1 rings (SSSR count). The second-order valence-electron chi connectivity index (χ2n) is 4.94. The highest BCUT2D eigenvalue weighted by Crippen LogP contribution is 2.14. The standard InChI is InChI=1S/C17H22O5/c1-3-16(19)21-12-6-4-5-7-17(20)22-15-10-8-14(9-11-15)13(2)18/h8-11H,3-7,12H2,1-2H3. The van der Waals surface area contributed by atoms with Crippen LogP contribution in [0.5, 0.6) is 5.75 Å². The molecule has 0 fully saturated rings. The molecule has 22 heavy (non-hydrogen) atoms. The van der Waals surface area contributed by atoms with Crippen molar-refractivity contribution in [1.82, 2.24) is 0 Å². The van der Waals surface area contributed by atoms with E-state index in [4.69, 9.17) is 9.47 Å². The van der Waals surface area contributed by atoms with Crippen LogP contribution in [0.4, 0.5) is 0 Å². The summed E-state index contributed by atoms with van der Waals surface area (Å²) in [6.07, 6.45) is 2.93. The predicted molar refractivity (Wildman–Crippen MR) is 81.8 cm³/mol. The number of hydrogen-bond acceptors (Lipinski definition) is 5. The molecule has 120 valence electrons. The molecule has 0 atom stereocenters. The fourth-order valence-electron chi connectivity index (χ4n) is 1.78. The van der Waals surface area contributed by atoms with E-state index >= 15 is 0 Å². The summed E-state index contributed by atoms with van der Waals surface area (Å²) in [6, 6.07) is 6.48. The lowest BCUT2D eigenvalue weighted by Gasteiger charge is -2.05. The molecule has 0 aliphatic carbocycles. The van der Waals surface area contributed by atoms with Gasteiger partial charge in [0.1, 0.15) is 5.75 Å². The third-order valence-electron chi connectivity index (χ3n) is 3.07. The van der Waals surface area contributed by atoms with E-state index in [1.807, 2.05) is 0 Å². The molecule has 0 aliphatic heterocycles. The van der Waals surface area contributed by atoms with Crippen molar-refractivity contribution in [1.29, 1.82) is 0 Å². The lowest BCUT2D eigenvalue weighted by Crippen LogP contribution is -2.08. The van der Waals surface area contributed by atoms with Crippen LogP contribution in [0.25, 0.3) is 0 Å². The fourth-order valence-corrected chi connectivity index (χ4v) is 1.78. The average molecular weight is 306 g/mol. The first kappa shape index (κ1) is 17.9.